The van der Waals surface area contributed by atoms with Crippen molar-refractivity contribution in [2.24, 2.45) is 0 Å². The summed E-state index contributed by atoms with van der Waals surface area (Å²) in [5.41, 5.74) is 0.978. The molecule has 1 aromatic rings. The van der Waals surface area contributed by atoms with E-state index < -0.39 is 6.04 Å². The first-order valence-electron chi connectivity index (χ1n) is 7.55. The molecule has 0 aliphatic carbocycles. The zero-order valence-electron chi connectivity index (χ0n) is 12.8. The number of benzene rings is 1. The first-order valence-corrected chi connectivity index (χ1v) is 7.93. The Labute approximate surface area is 136 Å². The third kappa shape index (κ3) is 5.00. The van der Waals surface area contributed by atoms with E-state index in [0.29, 0.717) is 24.5 Å². The maximum absolute atomic E-state index is 12.1. The van der Waals surface area contributed by atoms with Crippen molar-refractivity contribution < 1.29 is 9.59 Å². The molecule has 1 atom stereocenters. The number of nitrogens with zero attached hydrogens (tertiary/aromatic N) is 1. The Bertz CT molecular complexity index is 536. The minimum Gasteiger partial charge on any atom is -0.354 e. The second kappa shape index (κ2) is 8.15. The number of nitrogens with one attached hydrogen (secondary N) is 2. The Kier molecular flexibility index (Phi) is 6.21. The molecule has 120 valence electrons. The van der Waals surface area contributed by atoms with E-state index in [1.165, 1.54) is 0 Å². The fourth-order valence-electron chi connectivity index (χ4n) is 2.54. The average Bonchev–Trinajstić information content (AvgIpc) is 2.66. The number of carbonyl (C=O) groups is 2. The monoisotopic (exact) mass is 323 g/mol. The molecular weight excluding hydrogens is 302 g/mol. The van der Waals surface area contributed by atoms with Crippen LogP contribution in [0, 0.1) is 0 Å². The summed E-state index contributed by atoms with van der Waals surface area (Å²) in [4.78, 5) is 25.8. The summed E-state index contributed by atoms with van der Waals surface area (Å²) in [5, 5.41) is 6.32. The van der Waals surface area contributed by atoms with Crippen molar-refractivity contribution in [1.29, 1.82) is 0 Å². The summed E-state index contributed by atoms with van der Waals surface area (Å²) >= 11 is 6.12. The van der Waals surface area contributed by atoms with Crippen molar-refractivity contribution in [3.05, 3.63) is 34.9 Å². The van der Waals surface area contributed by atoms with E-state index in [4.69, 9.17) is 11.6 Å². The Morgan fingerprint density at radius 3 is 2.95 bits per heavy atom. The van der Waals surface area contributed by atoms with Crippen LogP contribution in [0.1, 0.15) is 24.8 Å². The van der Waals surface area contributed by atoms with Gasteiger partial charge >= 0.3 is 0 Å². The van der Waals surface area contributed by atoms with E-state index in [2.05, 4.69) is 10.6 Å². The molecule has 2 rings (SSSR count). The van der Waals surface area contributed by atoms with Gasteiger partial charge < -0.3 is 10.6 Å². The highest BCUT2D eigenvalue weighted by Gasteiger charge is 2.22. The molecule has 1 saturated heterocycles. The van der Waals surface area contributed by atoms with Crippen LogP contribution in [0.4, 0.5) is 0 Å². The molecule has 1 fully saturated rings. The first kappa shape index (κ1) is 16.8. The number of likely N-dealkylation sites (N-methyl/N-ethyl adjacent to an activating group) is 1. The molecule has 0 radical (unpaired) electrons. The molecule has 1 aliphatic heterocycles. The highest BCUT2D eigenvalue weighted by molar-refractivity contribution is 6.31. The lowest BCUT2D eigenvalue weighted by Gasteiger charge is -2.20. The minimum atomic E-state index is -0.413. The van der Waals surface area contributed by atoms with Gasteiger partial charge in [-0.2, -0.15) is 0 Å². The molecule has 2 amide bonds. The average molecular weight is 324 g/mol. The second-order valence-electron chi connectivity index (χ2n) is 5.67. The number of carbonyl (C=O) groups excluding carboxylic acids is 2. The van der Waals surface area contributed by atoms with Crippen LogP contribution in [0.3, 0.4) is 0 Å². The zero-order chi connectivity index (χ0) is 15.9. The van der Waals surface area contributed by atoms with Gasteiger partial charge in [0.25, 0.3) is 0 Å². The lowest BCUT2D eigenvalue weighted by Crippen LogP contribution is -2.48. The fraction of sp³-hybridized carbons (Fsp3) is 0.500. The number of hydrogen-bond donors (Lipinski definition) is 2. The van der Waals surface area contributed by atoms with Gasteiger partial charge in [0.2, 0.25) is 11.8 Å². The van der Waals surface area contributed by atoms with Gasteiger partial charge in [-0.1, -0.05) is 29.8 Å². The van der Waals surface area contributed by atoms with Crippen LogP contribution < -0.4 is 10.6 Å². The number of amides is 2. The lowest BCUT2D eigenvalue weighted by molar-refractivity contribution is -0.129. The Morgan fingerprint density at radius 1 is 1.41 bits per heavy atom. The van der Waals surface area contributed by atoms with Crippen LogP contribution in [0.15, 0.2) is 24.3 Å². The van der Waals surface area contributed by atoms with Gasteiger partial charge in [0, 0.05) is 18.1 Å². The molecule has 0 saturated carbocycles. The molecule has 22 heavy (non-hydrogen) atoms. The van der Waals surface area contributed by atoms with Crippen molar-refractivity contribution in [1.82, 2.24) is 15.5 Å². The molecule has 1 aromatic carbocycles. The number of rotatable bonds is 5. The quantitative estimate of drug-likeness (QED) is 0.864. The van der Waals surface area contributed by atoms with Crippen LogP contribution in [-0.4, -0.2) is 42.9 Å². The molecule has 2 N–H and O–H groups in total. The molecule has 5 nitrogen and oxygen atoms in total. The molecular formula is C16H22ClN3O2. The standard InChI is InChI=1S/C16H22ClN3O2/c1-20(10-12-6-2-3-7-13(12)17)11-15(21)19-14-8-4-5-9-18-16(14)22/h2-3,6-7,14H,4-5,8-11H2,1H3,(H,18,22)(H,19,21). The molecule has 6 heteroatoms. The normalized spacial score (nSPS) is 18.7. The summed E-state index contributed by atoms with van der Waals surface area (Å²) < 4.78 is 0. The van der Waals surface area contributed by atoms with Crippen LogP contribution in [0.25, 0.3) is 0 Å². The van der Waals surface area contributed by atoms with E-state index in [-0.39, 0.29) is 18.4 Å². The highest BCUT2D eigenvalue weighted by atomic mass is 35.5. The summed E-state index contributed by atoms with van der Waals surface area (Å²) in [6, 6.07) is 7.16. The third-order valence-electron chi connectivity index (χ3n) is 3.68. The lowest BCUT2D eigenvalue weighted by atomic mass is 10.1. The predicted octanol–water partition coefficient (Wildman–Crippen LogP) is 1.56. The minimum absolute atomic E-state index is 0.0837. The maximum atomic E-state index is 12.1. The van der Waals surface area contributed by atoms with Crippen LogP contribution in [0.5, 0.6) is 0 Å². The second-order valence-corrected chi connectivity index (χ2v) is 6.08. The van der Waals surface area contributed by atoms with Gasteiger partial charge in [-0.3, -0.25) is 14.5 Å². The van der Waals surface area contributed by atoms with Gasteiger partial charge in [0.1, 0.15) is 6.04 Å². The topological polar surface area (TPSA) is 61.4 Å². The van der Waals surface area contributed by atoms with Crippen molar-refractivity contribution in [2.75, 3.05) is 20.1 Å². The molecule has 1 heterocycles. The van der Waals surface area contributed by atoms with Crippen LogP contribution >= 0.6 is 11.6 Å². The summed E-state index contributed by atoms with van der Waals surface area (Å²) in [6.45, 7) is 1.51. The van der Waals surface area contributed by atoms with Gasteiger partial charge in [-0.25, -0.2) is 0 Å². The molecule has 0 aromatic heterocycles. The largest absolute Gasteiger partial charge is 0.354 e. The number of halogens is 1. The Morgan fingerprint density at radius 2 is 2.18 bits per heavy atom. The SMILES string of the molecule is CN(CC(=O)NC1CCCCNC1=O)Cc1ccccc1Cl. The van der Waals surface area contributed by atoms with Crippen LogP contribution in [-0.2, 0) is 16.1 Å². The molecule has 1 unspecified atom stereocenters. The van der Waals surface area contributed by atoms with Crippen LogP contribution in [0.2, 0.25) is 5.02 Å². The zero-order valence-corrected chi connectivity index (χ0v) is 13.5. The summed E-state index contributed by atoms with van der Waals surface area (Å²) in [7, 11) is 1.86. The van der Waals surface area contributed by atoms with Crippen molar-refractivity contribution in [3.8, 4) is 0 Å². The van der Waals surface area contributed by atoms with Gasteiger partial charge in [-0.05, 0) is 37.9 Å². The highest BCUT2D eigenvalue weighted by Crippen LogP contribution is 2.16. The summed E-state index contributed by atoms with van der Waals surface area (Å²) in [5.74, 6) is -0.226. The van der Waals surface area contributed by atoms with Crippen molar-refractivity contribution in [3.63, 3.8) is 0 Å². The summed E-state index contributed by atoms with van der Waals surface area (Å²) in [6.07, 6.45) is 2.61. The van der Waals surface area contributed by atoms with E-state index in [1.807, 2.05) is 36.2 Å². The van der Waals surface area contributed by atoms with Gasteiger partial charge in [0.05, 0.1) is 6.54 Å². The Hall–Kier alpha value is -1.59. The van der Waals surface area contributed by atoms with Crippen molar-refractivity contribution >= 4 is 23.4 Å². The van der Waals surface area contributed by atoms with Gasteiger partial charge in [0.15, 0.2) is 0 Å². The van der Waals surface area contributed by atoms with Crippen molar-refractivity contribution in [2.45, 2.75) is 31.8 Å². The van der Waals surface area contributed by atoms with E-state index >= 15 is 0 Å². The number of hydrogen-bond acceptors (Lipinski definition) is 3. The molecule has 0 bridgehead atoms. The fourth-order valence-corrected chi connectivity index (χ4v) is 2.73. The Balaban J connectivity index is 1.83. The van der Waals surface area contributed by atoms with E-state index in [1.54, 1.807) is 0 Å². The molecule has 0 spiro atoms. The third-order valence-corrected chi connectivity index (χ3v) is 4.05. The van der Waals surface area contributed by atoms with Gasteiger partial charge in [-0.15, -0.1) is 0 Å². The molecule has 1 aliphatic rings. The van der Waals surface area contributed by atoms with E-state index in [0.717, 1.165) is 18.4 Å². The predicted molar refractivity (Wildman–Crippen MR) is 86.6 cm³/mol. The first-order chi connectivity index (χ1) is 10.6. The smallest absolute Gasteiger partial charge is 0.242 e. The maximum Gasteiger partial charge on any atom is 0.242 e. The van der Waals surface area contributed by atoms with E-state index in [9.17, 15) is 9.59 Å².